The third kappa shape index (κ3) is 5.74. The molecule has 0 fully saturated rings. The van der Waals surface area contributed by atoms with Gasteiger partial charge in [0.05, 0.1) is 11.4 Å². The Kier molecular flexibility index (Phi) is 7.29. The summed E-state index contributed by atoms with van der Waals surface area (Å²) in [4.78, 5) is 4.70. The second kappa shape index (κ2) is 10.3. The predicted molar refractivity (Wildman–Crippen MR) is 115 cm³/mol. The van der Waals surface area contributed by atoms with Gasteiger partial charge in [-0.25, -0.2) is 4.68 Å². The number of guanidine groups is 1. The van der Waals surface area contributed by atoms with Crippen LogP contribution in [0.4, 0.5) is 0 Å². The van der Waals surface area contributed by atoms with Crippen molar-refractivity contribution in [2.24, 2.45) is 4.99 Å². The minimum absolute atomic E-state index is 0.787. The second-order valence-corrected chi connectivity index (χ2v) is 6.73. The van der Waals surface area contributed by atoms with Crippen LogP contribution in [0, 0.1) is 6.92 Å². The number of hydrogen-bond donors (Lipinski definition) is 2. The normalized spacial score (nSPS) is 11.6. The van der Waals surface area contributed by atoms with Gasteiger partial charge in [-0.1, -0.05) is 18.2 Å². The molecule has 1 aromatic carbocycles. The highest BCUT2D eigenvalue weighted by molar-refractivity contribution is 5.79. The number of aryl methyl sites for hydroxylation is 2. The SMILES string of the molecule is CCNC(=NCCCc1cn(-c2ccccc2)nc1C)NCCn1cccc1. The fourth-order valence-corrected chi connectivity index (χ4v) is 3.08. The lowest BCUT2D eigenvalue weighted by molar-refractivity contribution is 0.664. The fraction of sp³-hybridized carbons (Fsp3) is 0.364. The van der Waals surface area contributed by atoms with E-state index in [9.17, 15) is 0 Å². The fourth-order valence-electron chi connectivity index (χ4n) is 3.08. The van der Waals surface area contributed by atoms with Crippen molar-refractivity contribution in [1.82, 2.24) is 25.0 Å². The third-order valence-electron chi connectivity index (χ3n) is 4.57. The molecule has 6 nitrogen and oxygen atoms in total. The Bertz CT molecular complexity index is 849. The first-order valence-corrected chi connectivity index (χ1v) is 9.99. The van der Waals surface area contributed by atoms with Gasteiger partial charge < -0.3 is 15.2 Å². The molecular formula is C22H30N6. The summed E-state index contributed by atoms with van der Waals surface area (Å²) in [5, 5.41) is 11.4. The van der Waals surface area contributed by atoms with Crippen LogP contribution in [0.1, 0.15) is 24.6 Å². The van der Waals surface area contributed by atoms with E-state index in [-0.39, 0.29) is 0 Å². The molecule has 0 bridgehead atoms. The molecule has 0 spiro atoms. The van der Waals surface area contributed by atoms with Crippen LogP contribution < -0.4 is 10.6 Å². The molecule has 2 heterocycles. The van der Waals surface area contributed by atoms with Gasteiger partial charge in [-0.05, 0) is 56.5 Å². The second-order valence-electron chi connectivity index (χ2n) is 6.73. The first-order chi connectivity index (χ1) is 13.8. The van der Waals surface area contributed by atoms with Crippen molar-refractivity contribution in [2.75, 3.05) is 19.6 Å². The zero-order valence-corrected chi connectivity index (χ0v) is 16.8. The molecule has 28 heavy (non-hydrogen) atoms. The van der Waals surface area contributed by atoms with Gasteiger partial charge in [0.25, 0.3) is 0 Å². The van der Waals surface area contributed by atoms with Gasteiger partial charge in [0, 0.05) is 44.8 Å². The topological polar surface area (TPSA) is 59.2 Å². The summed E-state index contributed by atoms with van der Waals surface area (Å²) < 4.78 is 4.12. The van der Waals surface area contributed by atoms with E-state index in [1.165, 1.54) is 5.56 Å². The van der Waals surface area contributed by atoms with E-state index < -0.39 is 0 Å². The average Bonchev–Trinajstić information content (AvgIpc) is 3.36. The van der Waals surface area contributed by atoms with E-state index in [2.05, 4.69) is 64.9 Å². The number of rotatable bonds is 9. The van der Waals surface area contributed by atoms with Crippen molar-refractivity contribution in [3.8, 4) is 5.69 Å². The number of nitrogens with one attached hydrogen (secondary N) is 2. The molecule has 148 valence electrons. The van der Waals surface area contributed by atoms with Crippen molar-refractivity contribution < 1.29 is 0 Å². The van der Waals surface area contributed by atoms with Gasteiger partial charge in [0.1, 0.15) is 0 Å². The first kappa shape index (κ1) is 19.7. The van der Waals surface area contributed by atoms with E-state index in [0.29, 0.717) is 0 Å². The number of nitrogens with zero attached hydrogens (tertiary/aromatic N) is 4. The van der Waals surface area contributed by atoms with Crippen LogP contribution in [0.25, 0.3) is 5.69 Å². The summed E-state index contributed by atoms with van der Waals surface area (Å²) in [5.41, 5.74) is 3.46. The van der Waals surface area contributed by atoms with E-state index >= 15 is 0 Å². The largest absolute Gasteiger partial charge is 0.357 e. The van der Waals surface area contributed by atoms with E-state index in [1.807, 2.05) is 35.0 Å². The van der Waals surface area contributed by atoms with Crippen molar-refractivity contribution in [2.45, 2.75) is 33.2 Å². The maximum Gasteiger partial charge on any atom is 0.191 e. The zero-order chi connectivity index (χ0) is 19.6. The first-order valence-electron chi connectivity index (χ1n) is 9.99. The molecule has 2 aromatic heterocycles. The van der Waals surface area contributed by atoms with Crippen LogP contribution >= 0.6 is 0 Å². The zero-order valence-electron chi connectivity index (χ0n) is 16.8. The molecule has 0 unspecified atom stereocenters. The number of aliphatic imine (C=N–C) groups is 1. The van der Waals surface area contributed by atoms with Crippen LogP contribution in [0.2, 0.25) is 0 Å². The summed E-state index contributed by atoms with van der Waals surface area (Å²) in [6.07, 6.45) is 8.25. The minimum atomic E-state index is 0.787. The van der Waals surface area contributed by atoms with Gasteiger partial charge in [-0.3, -0.25) is 4.99 Å². The Morgan fingerprint density at radius 3 is 2.61 bits per heavy atom. The Labute approximate surface area is 167 Å². The molecule has 3 rings (SSSR count). The maximum atomic E-state index is 4.70. The highest BCUT2D eigenvalue weighted by Gasteiger charge is 2.06. The molecule has 0 aliphatic carbocycles. The smallest absolute Gasteiger partial charge is 0.191 e. The average molecular weight is 379 g/mol. The lowest BCUT2D eigenvalue weighted by Gasteiger charge is -2.11. The summed E-state index contributed by atoms with van der Waals surface area (Å²) in [7, 11) is 0. The van der Waals surface area contributed by atoms with Gasteiger partial charge >= 0.3 is 0 Å². The molecule has 3 aromatic rings. The van der Waals surface area contributed by atoms with Crippen LogP contribution in [0.3, 0.4) is 0 Å². The molecular weight excluding hydrogens is 348 g/mol. The van der Waals surface area contributed by atoms with Gasteiger partial charge in [-0.2, -0.15) is 5.10 Å². The van der Waals surface area contributed by atoms with Gasteiger partial charge in [-0.15, -0.1) is 0 Å². The van der Waals surface area contributed by atoms with Gasteiger partial charge in [0.15, 0.2) is 5.96 Å². The van der Waals surface area contributed by atoms with E-state index in [4.69, 9.17) is 4.99 Å². The molecule has 0 saturated heterocycles. The highest BCUT2D eigenvalue weighted by Crippen LogP contribution is 2.13. The van der Waals surface area contributed by atoms with E-state index in [0.717, 1.165) is 56.4 Å². The molecule has 0 saturated carbocycles. The van der Waals surface area contributed by atoms with Crippen LogP contribution in [0.15, 0.2) is 66.0 Å². The Morgan fingerprint density at radius 1 is 1.07 bits per heavy atom. The summed E-state index contributed by atoms with van der Waals surface area (Å²) in [5.74, 6) is 0.881. The van der Waals surface area contributed by atoms with Crippen molar-refractivity contribution in [3.05, 3.63) is 72.3 Å². The third-order valence-corrected chi connectivity index (χ3v) is 4.57. The lowest BCUT2D eigenvalue weighted by atomic mass is 10.1. The number of hydrogen-bond acceptors (Lipinski definition) is 2. The predicted octanol–water partition coefficient (Wildman–Crippen LogP) is 3.17. The van der Waals surface area contributed by atoms with E-state index in [1.54, 1.807) is 0 Å². The Balaban J connectivity index is 1.47. The highest BCUT2D eigenvalue weighted by atomic mass is 15.3. The maximum absolute atomic E-state index is 4.70. The number of benzene rings is 1. The Hall–Kier alpha value is -3.02. The molecule has 0 aliphatic rings. The molecule has 0 aliphatic heterocycles. The quantitative estimate of drug-likeness (QED) is 0.342. The summed E-state index contributed by atoms with van der Waals surface area (Å²) >= 11 is 0. The van der Waals surface area contributed by atoms with Crippen molar-refractivity contribution in [3.63, 3.8) is 0 Å². The summed E-state index contributed by atoms with van der Waals surface area (Å²) in [6, 6.07) is 14.3. The Morgan fingerprint density at radius 2 is 1.86 bits per heavy atom. The molecule has 0 atom stereocenters. The van der Waals surface area contributed by atoms with Gasteiger partial charge in [0.2, 0.25) is 0 Å². The standard InChI is InChI=1S/C22H30N6/c1-3-23-22(25-14-17-27-15-7-8-16-27)24-13-9-10-20-18-28(26-19(20)2)21-11-5-4-6-12-21/h4-8,11-12,15-16,18H,3,9-10,13-14,17H2,1-2H3,(H2,23,24,25). The van der Waals surface area contributed by atoms with Crippen molar-refractivity contribution in [1.29, 1.82) is 0 Å². The molecule has 6 heteroatoms. The molecule has 0 radical (unpaired) electrons. The van der Waals surface area contributed by atoms with Crippen LogP contribution in [-0.2, 0) is 13.0 Å². The lowest BCUT2D eigenvalue weighted by Crippen LogP contribution is -2.38. The number of aromatic nitrogens is 3. The number of para-hydroxylation sites is 1. The summed E-state index contributed by atoms with van der Waals surface area (Å²) in [6.45, 7) is 7.58. The van der Waals surface area contributed by atoms with Crippen LogP contribution in [0.5, 0.6) is 0 Å². The van der Waals surface area contributed by atoms with Crippen LogP contribution in [-0.4, -0.2) is 39.9 Å². The van der Waals surface area contributed by atoms with Crippen molar-refractivity contribution >= 4 is 5.96 Å². The monoisotopic (exact) mass is 378 g/mol. The molecule has 0 amide bonds. The molecule has 2 N–H and O–H groups in total. The minimum Gasteiger partial charge on any atom is -0.357 e.